The molecule has 0 heterocycles. The molecule has 154 valence electrons. The molecule has 0 aliphatic rings. The maximum absolute atomic E-state index is 12.0. The summed E-state index contributed by atoms with van der Waals surface area (Å²) in [6.07, 6.45) is 0.577. The molecular formula is C28H24O3. The van der Waals surface area contributed by atoms with Gasteiger partial charge >= 0.3 is 5.97 Å². The van der Waals surface area contributed by atoms with Crippen molar-refractivity contribution in [1.82, 2.24) is 0 Å². The molecule has 0 atom stereocenters. The molecule has 0 aromatic heterocycles. The molecule has 0 saturated heterocycles. The number of benzene rings is 4. The maximum Gasteiger partial charge on any atom is 0.339 e. The maximum atomic E-state index is 12.0. The molecule has 0 fully saturated rings. The van der Waals surface area contributed by atoms with E-state index >= 15 is 0 Å². The van der Waals surface area contributed by atoms with Crippen LogP contribution in [0.1, 0.15) is 45.1 Å². The Labute approximate surface area is 182 Å². The quantitative estimate of drug-likeness (QED) is 0.383. The van der Waals surface area contributed by atoms with E-state index in [1.54, 1.807) is 6.07 Å². The van der Waals surface area contributed by atoms with E-state index in [1.807, 2.05) is 104 Å². The van der Waals surface area contributed by atoms with E-state index in [0.29, 0.717) is 12.0 Å². The summed E-state index contributed by atoms with van der Waals surface area (Å²) in [6, 6.07) is 33.2. The SMILES string of the molecule is CC(c1ccccc1)(c1ccccc1)c1cc(Cc2ccccc2)cc(C(=O)O)c1O. The van der Waals surface area contributed by atoms with Gasteiger partial charge in [0.2, 0.25) is 0 Å². The van der Waals surface area contributed by atoms with Gasteiger partial charge in [0.1, 0.15) is 11.3 Å². The van der Waals surface area contributed by atoms with Gasteiger partial charge in [0.15, 0.2) is 0 Å². The number of carboxylic acids is 1. The lowest BCUT2D eigenvalue weighted by Gasteiger charge is -2.33. The number of aromatic hydroxyl groups is 1. The lowest BCUT2D eigenvalue weighted by molar-refractivity contribution is 0.0693. The minimum absolute atomic E-state index is 0.0819. The average molecular weight is 408 g/mol. The van der Waals surface area contributed by atoms with E-state index in [1.165, 1.54) is 0 Å². The Bertz CT molecular complexity index is 1140. The first kappa shape index (κ1) is 20.4. The summed E-state index contributed by atoms with van der Waals surface area (Å²) >= 11 is 0. The van der Waals surface area contributed by atoms with E-state index in [4.69, 9.17) is 0 Å². The first-order chi connectivity index (χ1) is 15.0. The number of phenols is 1. The molecule has 0 aliphatic heterocycles. The molecule has 0 aliphatic carbocycles. The van der Waals surface area contributed by atoms with Crippen LogP contribution in [0.25, 0.3) is 0 Å². The zero-order valence-corrected chi connectivity index (χ0v) is 17.3. The summed E-state index contributed by atoms with van der Waals surface area (Å²) in [6.45, 7) is 2.03. The second-order valence-electron chi connectivity index (χ2n) is 7.86. The summed E-state index contributed by atoms with van der Waals surface area (Å²) in [5.74, 6) is -1.34. The Morgan fingerprint density at radius 3 is 1.71 bits per heavy atom. The fourth-order valence-corrected chi connectivity index (χ4v) is 4.19. The van der Waals surface area contributed by atoms with Crippen molar-refractivity contribution in [2.24, 2.45) is 0 Å². The number of carbonyl (C=O) groups is 1. The van der Waals surface area contributed by atoms with Gasteiger partial charge in [0, 0.05) is 11.0 Å². The predicted octanol–water partition coefficient (Wildman–Crippen LogP) is 6.04. The second kappa shape index (κ2) is 8.49. The van der Waals surface area contributed by atoms with Crippen LogP contribution in [-0.2, 0) is 11.8 Å². The highest BCUT2D eigenvalue weighted by atomic mass is 16.4. The third-order valence-electron chi connectivity index (χ3n) is 5.89. The van der Waals surface area contributed by atoms with E-state index in [-0.39, 0.29) is 11.3 Å². The highest BCUT2D eigenvalue weighted by molar-refractivity contribution is 5.92. The lowest BCUT2D eigenvalue weighted by Crippen LogP contribution is -2.26. The van der Waals surface area contributed by atoms with Gasteiger partial charge in [0.05, 0.1) is 0 Å². The number of aromatic carboxylic acids is 1. The Morgan fingerprint density at radius 1 is 0.742 bits per heavy atom. The van der Waals surface area contributed by atoms with Crippen molar-refractivity contribution >= 4 is 5.97 Å². The third kappa shape index (κ3) is 3.95. The molecule has 31 heavy (non-hydrogen) atoms. The Hall–Kier alpha value is -3.85. The molecule has 0 unspecified atom stereocenters. The van der Waals surface area contributed by atoms with Crippen LogP contribution in [0.4, 0.5) is 0 Å². The van der Waals surface area contributed by atoms with Gasteiger partial charge in [-0.2, -0.15) is 0 Å². The van der Waals surface area contributed by atoms with Gasteiger partial charge < -0.3 is 10.2 Å². The summed E-state index contributed by atoms with van der Waals surface area (Å²) in [5, 5.41) is 21.0. The predicted molar refractivity (Wildman–Crippen MR) is 123 cm³/mol. The second-order valence-corrected chi connectivity index (χ2v) is 7.86. The number of rotatable bonds is 6. The molecule has 0 bridgehead atoms. The van der Waals surface area contributed by atoms with E-state index in [2.05, 4.69) is 0 Å². The highest BCUT2D eigenvalue weighted by Gasteiger charge is 2.35. The third-order valence-corrected chi connectivity index (χ3v) is 5.89. The van der Waals surface area contributed by atoms with Gasteiger partial charge in [-0.15, -0.1) is 0 Å². The first-order valence-corrected chi connectivity index (χ1v) is 10.2. The van der Waals surface area contributed by atoms with Gasteiger partial charge in [-0.25, -0.2) is 4.79 Å². The fourth-order valence-electron chi connectivity index (χ4n) is 4.19. The molecule has 2 N–H and O–H groups in total. The molecule has 0 radical (unpaired) electrons. The largest absolute Gasteiger partial charge is 0.507 e. The van der Waals surface area contributed by atoms with Crippen LogP contribution in [0, 0.1) is 0 Å². The number of hydrogen-bond donors (Lipinski definition) is 2. The van der Waals surface area contributed by atoms with Crippen LogP contribution in [-0.4, -0.2) is 16.2 Å². The number of carboxylic acid groups (broad SMARTS) is 1. The normalized spacial score (nSPS) is 11.3. The Balaban J connectivity index is 1.97. The molecule has 4 rings (SSSR count). The lowest BCUT2D eigenvalue weighted by atomic mass is 9.70. The Morgan fingerprint density at radius 2 is 1.23 bits per heavy atom. The first-order valence-electron chi connectivity index (χ1n) is 10.2. The van der Waals surface area contributed by atoms with Crippen molar-refractivity contribution in [2.75, 3.05) is 0 Å². The van der Waals surface area contributed by atoms with Gasteiger partial charge in [-0.3, -0.25) is 0 Å². The highest BCUT2D eigenvalue weighted by Crippen LogP contribution is 2.44. The van der Waals surface area contributed by atoms with Crippen molar-refractivity contribution < 1.29 is 15.0 Å². The zero-order chi connectivity index (χ0) is 21.8. The molecule has 0 saturated carbocycles. The zero-order valence-electron chi connectivity index (χ0n) is 17.3. The van der Waals surface area contributed by atoms with Crippen molar-refractivity contribution in [1.29, 1.82) is 0 Å². The smallest absolute Gasteiger partial charge is 0.339 e. The van der Waals surface area contributed by atoms with Crippen LogP contribution in [0.3, 0.4) is 0 Å². The monoisotopic (exact) mass is 408 g/mol. The van der Waals surface area contributed by atoms with Crippen molar-refractivity contribution in [3.63, 3.8) is 0 Å². The minimum Gasteiger partial charge on any atom is -0.507 e. The Kier molecular flexibility index (Phi) is 5.59. The van der Waals surface area contributed by atoms with Crippen molar-refractivity contribution in [3.8, 4) is 5.75 Å². The van der Waals surface area contributed by atoms with Crippen LogP contribution < -0.4 is 0 Å². The molecule has 3 nitrogen and oxygen atoms in total. The van der Waals surface area contributed by atoms with Crippen molar-refractivity contribution in [3.05, 3.63) is 137 Å². The van der Waals surface area contributed by atoms with E-state index < -0.39 is 11.4 Å². The molecular weight excluding hydrogens is 384 g/mol. The summed E-state index contributed by atoms with van der Waals surface area (Å²) < 4.78 is 0. The summed E-state index contributed by atoms with van der Waals surface area (Å²) in [7, 11) is 0. The standard InChI is InChI=1S/C28H24O3/c1-28(22-13-7-3-8-14-22,23-15-9-4-10-16-23)25-19-21(17-20-11-5-2-6-12-20)18-24(26(25)29)27(30)31/h2-16,18-19,29H,17H2,1H3,(H,30,31). The van der Waals surface area contributed by atoms with Crippen LogP contribution >= 0.6 is 0 Å². The molecule has 3 heteroatoms. The van der Waals surface area contributed by atoms with Crippen molar-refractivity contribution in [2.45, 2.75) is 18.8 Å². The molecule has 0 spiro atoms. The number of hydrogen-bond acceptors (Lipinski definition) is 2. The van der Waals surface area contributed by atoms with Crippen LogP contribution in [0.15, 0.2) is 103 Å². The summed E-state index contributed by atoms with van der Waals surface area (Å²) in [4.78, 5) is 12.0. The minimum atomic E-state index is -1.14. The van der Waals surface area contributed by atoms with Crippen LogP contribution in [0.2, 0.25) is 0 Å². The van der Waals surface area contributed by atoms with E-state index in [9.17, 15) is 15.0 Å². The van der Waals surface area contributed by atoms with E-state index in [0.717, 1.165) is 22.3 Å². The van der Waals surface area contributed by atoms with Gasteiger partial charge in [-0.1, -0.05) is 97.1 Å². The average Bonchev–Trinajstić information content (AvgIpc) is 2.81. The molecule has 0 amide bonds. The topological polar surface area (TPSA) is 57.5 Å². The summed E-state index contributed by atoms with van der Waals surface area (Å²) in [5.41, 5.74) is 3.64. The molecule has 4 aromatic rings. The van der Waals surface area contributed by atoms with Gasteiger partial charge in [0.25, 0.3) is 0 Å². The fraction of sp³-hybridized carbons (Fsp3) is 0.107. The van der Waals surface area contributed by atoms with Gasteiger partial charge in [-0.05, 0) is 41.7 Å². The van der Waals surface area contributed by atoms with Crippen LogP contribution in [0.5, 0.6) is 5.75 Å². The molecule has 4 aromatic carbocycles.